The van der Waals surface area contributed by atoms with Crippen molar-refractivity contribution in [3.8, 4) is 0 Å². The third-order valence-electron chi connectivity index (χ3n) is 5.44. The summed E-state index contributed by atoms with van der Waals surface area (Å²) in [4.78, 5) is 28.9. The van der Waals surface area contributed by atoms with E-state index < -0.39 is 0 Å². The molecule has 7 heteroatoms. The zero-order chi connectivity index (χ0) is 16.6. The molecule has 2 aliphatic heterocycles. The topological polar surface area (TPSA) is 77.2 Å². The first-order chi connectivity index (χ1) is 11.7. The first kappa shape index (κ1) is 15.4. The Balaban J connectivity index is 1.63. The summed E-state index contributed by atoms with van der Waals surface area (Å²) < 4.78 is 0. The number of H-pyrrole nitrogens is 1. The van der Waals surface area contributed by atoms with Crippen LogP contribution in [0.3, 0.4) is 0 Å². The molecular weight excluding hydrogens is 304 g/mol. The molecule has 0 radical (unpaired) electrons. The number of hydrogen-bond donors (Lipinski definition) is 2. The molecule has 4 heterocycles. The Kier molecular flexibility index (Phi) is 3.88. The van der Waals surface area contributed by atoms with Crippen LogP contribution in [0.5, 0.6) is 0 Å². The van der Waals surface area contributed by atoms with Crippen LogP contribution in [0, 0.1) is 0 Å². The summed E-state index contributed by atoms with van der Waals surface area (Å²) in [6, 6.07) is 2.03. The van der Waals surface area contributed by atoms with Gasteiger partial charge in [0.1, 0.15) is 17.8 Å². The number of amides is 1. The Hall–Kier alpha value is -2.15. The molecule has 4 rings (SSSR count). The zero-order valence-electron chi connectivity index (χ0n) is 14.1. The van der Waals surface area contributed by atoms with Gasteiger partial charge in [0.25, 0.3) is 0 Å². The number of rotatable bonds is 3. The maximum atomic E-state index is 12.4. The number of aromatic nitrogens is 3. The Labute approximate surface area is 141 Å². The van der Waals surface area contributed by atoms with E-state index in [4.69, 9.17) is 0 Å². The maximum absolute atomic E-state index is 12.4. The molecule has 0 aliphatic carbocycles. The number of aromatic amines is 1. The van der Waals surface area contributed by atoms with Gasteiger partial charge < -0.3 is 20.1 Å². The molecule has 1 spiro atoms. The van der Waals surface area contributed by atoms with Crippen LogP contribution in [-0.4, -0.2) is 64.5 Å². The van der Waals surface area contributed by atoms with Crippen molar-refractivity contribution in [2.24, 2.45) is 0 Å². The standard InChI is InChI=1S/C17H24N6O/c1-18-10-14(24)23-9-6-17(23)5-2-3-8-22(11-17)16-13-4-7-19-15(13)20-12-21-16/h4,7,12,18H,2-3,5-6,8-11H2,1H3,(H,19,20,21). The molecule has 2 N–H and O–H groups in total. The SMILES string of the molecule is CNCC(=O)N1CCC12CCCCN(c1ncnc3[nH]ccc13)C2. The highest BCUT2D eigenvalue weighted by Crippen LogP contribution is 2.39. The number of hydrogen-bond acceptors (Lipinski definition) is 5. The lowest BCUT2D eigenvalue weighted by molar-refractivity contribution is -0.146. The van der Waals surface area contributed by atoms with Crippen LogP contribution in [0.25, 0.3) is 11.0 Å². The van der Waals surface area contributed by atoms with Gasteiger partial charge in [-0.15, -0.1) is 0 Å². The molecule has 1 atom stereocenters. The molecule has 0 aromatic carbocycles. The third kappa shape index (κ3) is 2.43. The van der Waals surface area contributed by atoms with E-state index in [0.29, 0.717) is 6.54 Å². The highest BCUT2D eigenvalue weighted by molar-refractivity contribution is 5.87. The van der Waals surface area contributed by atoms with Gasteiger partial charge in [-0.25, -0.2) is 9.97 Å². The largest absolute Gasteiger partial charge is 0.354 e. The van der Waals surface area contributed by atoms with Crippen molar-refractivity contribution in [3.63, 3.8) is 0 Å². The Morgan fingerprint density at radius 3 is 3.04 bits per heavy atom. The predicted molar refractivity (Wildman–Crippen MR) is 92.9 cm³/mol. The van der Waals surface area contributed by atoms with Crippen LogP contribution in [0.2, 0.25) is 0 Å². The second kappa shape index (κ2) is 6.05. The number of likely N-dealkylation sites (N-methyl/N-ethyl adjacent to an activating group) is 1. The molecule has 128 valence electrons. The van der Waals surface area contributed by atoms with E-state index in [1.165, 1.54) is 0 Å². The summed E-state index contributed by atoms with van der Waals surface area (Å²) >= 11 is 0. The molecule has 0 bridgehead atoms. The second-order valence-electron chi connectivity index (χ2n) is 6.87. The number of nitrogens with zero attached hydrogens (tertiary/aromatic N) is 4. The normalized spacial score (nSPS) is 24.2. The molecular formula is C17H24N6O. The van der Waals surface area contributed by atoms with Crippen molar-refractivity contribution in [1.29, 1.82) is 0 Å². The van der Waals surface area contributed by atoms with Gasteiger partial charge in [0, 0.05) is 25.8 Å². The van der Waals surface area contributed by atoms with Crippen LogP contribution in [0.4, 0.5) is 5.82 Å². The van der Waals surface area contributed by atoms with Gasteiger partial charge in [-0.2, -0.15) is 0 Å². The Morgan fingerprint density at radius 1 is 1.33 bits per heavy atom. The van der Waals surface area contributed by atoms with Crippen LogP contribution in [0.1, 0.15) is 25.7 Å². The fourth-order valence-corrected chi connectivity index (χ4v) is 4.16. The molecule has 2 fully saturated rings. The number of carbonyl (C=O) groups excluding carboxylic acids is 1. The van der Waals surface area contributed by atoms with Gasteiger partial charge >= 0.3 is 0 Å². The van der Waals surface area contributed by atoms with Crippen molar-refractivity contribution in [3.05, 3.63) is 18.6 Å². The minimum Gasteiger partial charge on any atom is -0.354 e. The van der Waals surface area contributed by atoms with Crippen molar-refractivity contribution < 1.29 is 4.79 Å². The van der Waals surface area contributed by atoms with E-state index >= 15 is 0 Å². The minimum atomic E-state index is -0.0297. The third-order valence-corrected chi connectivity index (χ3v) is 5.44. The monoisotopic (exact) mass is 328 g/mol. The minimum absolute atomic E-state index is 0.0297. The first-order valence-corrected chi connectivity index (χ1v) is 8.72. The van der Waals surface area contributed by atoms with E-state index in [1.54, 1.807) is 6.33 Å². The summed E-state index contributed by atoms with van der Waals surface area (Å²) in [7, 11) is 1.83. The highest BCUT2D eigenvalue weighted by atomic mass is 16.2. The number of fused-ring (bicyclic) bond motifs is 1. The van der Waals surface area contributed by atoms with E-state index in [1.807, 2.05) is 19.3 Å². The molecule has 1 unspecified atom stereocenters. The van der Waals surface area contributed by atoms with Crippen LogP contribution < -0.4 is 10.2 Å². The van der Waals surface area contributed by atoms with Crippen LogP contribution >= 0.6 is 0 Å². The first-order valence-electron chi connectivity index (χ1n) is 8.72. The van der Waals surface area contributed by atoms with Gasteiger partial charge in [-0.1, -0.05) is 0 Å². The molecule has 0 saturated carbocycles. The summed E-state index contributed by atoms with van der Waals surface area (Å²) in [6.45, 7) is 3.13. The van der Waals surface area contributed by atoms with Gasteiger partial charge in [0.2, 0.25) is 5.91 Å². The molecule has 7 nitrogen and oxygen atoms in total. The van der Waals surface area contributed by atoms with Gasteiger partial charge in [0.05, 0.1) is 17.5 Å². The summed E-state index contributed by atoms with van der Waals surface area (Å²) in [6.07, 6.45) is 7.98. The maximum Gasteiger partial charge on any atom is 0.237 e. The Morgan fingerprint density at radius 2 is 2.25 bits per heavy atom. The lowest BCUT2D eigenvalue weighted by Crippen LogP contribution is -2.67. The fourth-order valence-electron chi connectivity index (χ4n) is 4.16. The van der Waals surface area contributed by atoms with Crippen molar-refractivity contribution in [2.45, 2.75) is 31.2 Å². The number of likely N-dealkylation sites (tertiary alicyclic amines) is 1. The van der Waals surface area contributed by atoms with Gasteiger partial charge in [-0.3, -0.25) is 4.79 Å². The molecule has 1 amide bonds. The lowest BCUT2D eigenvalue weighted by atomic mass is 9.80. The lowest BCUT2D eigenvalue weighted by Gasteiger charge is -2.54. The van der Waals surface area contributed by atoms with Gasteiger partial charge in [-0.05, 0) is 38.8 Å². The zero-order valence-corrected chi connectivity index (χ0v) is 14.1. The molecule has 24 heavy (non-hydrogen) atoms. The molecule has 2 aromatic heterocycles. The summed E-state index contributed by atoms with van der Waals surface area (Å²) in [5.41, 5.74) is 0.841. The van der Waals surface area contributed by atoms with E-state index in [2.05, 4.69) is 30.1 Å². The number of carbonyl (C=O) groups is 1. The van der Waals surface area contributed by atoms with Crippen LogP contribution in [0.15, 0.2) is 18.6 Å². The molecule has 2 saturated heterocycles. The molecule has 2 aromatic rings. The van der Waals surface area contributed by atoms with E-state index in [9.17, 15) is 4.79 Å². The quantitative estimate of drug-likeness (QED) is 0.883. The average molecular weight is 328 g/mol. The second-order valence-corrected chi connectivity index (χ2v) is 6.87. The number of anilines is 1. The predicted octanol–water partition coefficient (Wildman–Crippen LogP) is 1.14. The summed E-state index contributed by atoms with van der Waals surface area (Å²) in [5.74, 6) is 1.19. The highest BCUT2D eigenvalue weighted by Gasteiger charge is 2.48. The van der Waals surface area contributed by atoms with Gasteiger partial charge in [0.15, 0.2) is 0 Å². The number of nitrogens with one attached hydrogen (secondary N) is 2. The van der Waals surface area contributed by atoms with E-state index in [0.717, 1.165) is 62.2 Å². The van der Waals surface area contributed by atoms with Crippen molar-refractivity contribution >= 4 is 22.8 Å². The average Bonchev–Trinajstić information content (AvgIpc) is 2.92. The summed E-state index contributed by atoms with van der Waals surface area (Å²) in [5, 5.41) is 4.05. The smallest absolute Gasteiger partial charge is 0.237 e. The van der Waals surface area contributed by atoms with Crippen LogP contribution in [-0.2, 0) is 4.79 Å². The fraction of sp³-hybridized carbons (Fsp3) is 0.588. The van der Waals surface area contributed by atoms with Crippen molar-refractivity contribution in [2.75, 3.05) is 38.1 Å². The molecule has 2 aliphatic rings. The van der Waals surface area contributed by atoms with E-state index in [-0.39, 0.29) is 11.4 Å². The Bertz CT molecular complexity index is 744. The van der Waals surface area contributed by atoms with Crippen molar-refractivity contribution in [1.82, 2.24) is 25.2 Å².